The van der Waals surface area contributed by atoms with Crippen LogP contribution in [-0.2, 0) is 4.79 Å². The van der Waals surface area contributed by atoms with Crippen LogP contribution in [0.2, 0.25) is 0 Å². The molecule has 104 valence electrons. The molecule has 0 aromatic carbocycles. The topological polar surface area (TPSA) is 74.9 Å². The Kier molecular flexibility index (Phi) is 2.93. The van der Waals surface area contributed by atoms with Gasteiger partial charge in [0.05, 0.1) is 17.3 Å². The van der Waals surface area contributed by atoms with E-state index in [0.717, 1.165) is 12.8 Å². The van der Waals surface area contributed by atoms with Crippen LogP contribution >= 0.6 is 0 Å². The van der Waals surface area contributed by atoms with Crippen LogP contribution in [0, 0.1) is 0 Å². The van der Waals surface area contributed by atoms with Gasteiger partial charge in [-0.15, -0.1) is 0 Å². The highest BCUT2D eigenvalue weighted by Crippen LogP contribution is 2.30. The minimum Gasteiger partial charge on any atom is -0.480 e. The summed E-state index contributed by atoms with van der Waals surface area (Å²) in [5, 5.41) is 13.3. The summed E-state index contributed by atoms with van der Waals surface area (Å²) in [6, 6.07) is 4.67. The quantitative estimate of drug-likeness (QED) is 0.914. The first-order valence-corrected chi connectivity index (χ1v) is 6.57. The van der Waals surface area contributed by atoms with E-state index in [1.807, 2.05) is 12.1 Å². The Bertz CT molecular complexity index is 675. The number of fused-ring (bicyclic) bond motifs is 1. The van der Waals surface area contributed by atoms with E-state index >= 15 is 0 Å². The summed E-state index contributed by atoms with van der Waals surface area (Å²) in [5.74, 6) is -1.25. The molecule has 1 saturated carbocycles. The molecule has 0 spiro atoms. The molecule has 20 heavy (non-hydrogen) atoms. The Morgan fingerprint density at radius 1 is 1.45 bits per heavy atom. The Morgan fingerprint density at radius 2 is 2.20 bits per heavy atom. The minimum absolute atomic E-state index is 0.0345. The normalized spacial score (nSPS) is 16.1. The van der Waals surface area contributed by atoms with Crippen LogP contribution in [0.1, 0.15) is 30.1 Å². The Labute approximate surface area is 115 Å². The van der Waals surface area contributed by atoms with Gasteiger partial charge in [0, 0.05) is 12.2 Å². The molecule has 1 fully saturated rings. The van der Waals surface area contributed by atoms with Gasteiger partial charge in [0.2, 0.25) is 0 Å². The van der Waals surface area contributed by atoms with Crippen molar-refractivity contribution < 1.29 is 14.7 Å². The van der Waals surface area contributed by atoms with E-state index in [9.17, 15) is 14.7 Å². The molecule has 0 radical (unpaired) electrons. The molecule has 1 aliphatic carbocycles. The molecule has 1 unspecified atom stereocenters. The zero-order valence-corrected chi connectivity index (χ0v) is 11.1. The van der Waals surface area contributed by atoms with E-state index in [1.165, 1.54) is 11.1 Å². The van der Waals surface area contributed by atoms with Crippen LogP contribution in [0.3, 0.4) is 0 Å². The van der Waals surface area contributed by atoms with Gasteiger partial charge < -0.3 is 10.0 Å². The third kappa shape index (κ3) is 2.03. The molecular weight excluding hydrogens is 258 g/mol. The highest BCUT2D eigenvalue weighted by molar-refractivity contribution is 6.02. The number of nitrogens with zero attached hydrogens (tertiary/aromatic N) is 3. The number of pyridine rings is 1. The summed E-state index contributed by atoms with van der Waals surface area (Å²) in [6.45, 7) is 1.55. The van der Waals surface area contributed by atoms with Crippen molar-refractivity contribution in [3.05, 3.63) is 36.2 Å². The summed E-state index contributed by atoms with van der Waals surface area (Å²) in [4.78, 5) is 25.3. The molecular formula is C14H15N3O3. The van der Waals surface area contributed by atoms with E-state index in [-0.39, 0.29) is 11.9 Å². The van der Waals surface area contributed by atoms with Gasteiger partial charge in [0.15, 0.2) is 0 Å². The fraction of sp³-hybridized carbons (Fsp3) is 0.357. The number of carbonyl (C=O) groups excluding carboxylic acids is 1. The molecule has 0 saturated heterocycles. The van der Waals surface area contributed by atoms with E-state index in [1.54, 1.807) is 23.7 Å². The van der Waals surface area contributed by atoms with Crippen LogP contribution in [0.5, 0.6) is 0 Å². The lowest BCUT2D eigenvalue weighted by Gasteiger charge is -2.26. The van der Waals surface area contributed by atoms with Gasteiger partial charge in [0.25, 0.3) is 5.91 Å². The second kappa shape index (κ2) is 4.63. The Balaban J connectivity index is 1.99. The predicted octanol–water partition coefficient (Wildman–Crippen LogP) is 1.41. The van der Waals surface area contributed by atoms with Crippen molar-refractivity contribution in [2.45, 2.75) is 31.8 Å². The number of hydrogen-bond donors (Lipinski definition) is 1. The molecule has 1 N–H and O–H groups in total. The van der Waals surface area contributed by atoms with Crippen molar-refractivity contribution in [3.63, 3.8) is 0 Å². The van der Waals surface area contributed by atoms with Gasteiger partial charge >= 0.3 is 5.97 Å². The lowest BCUT2D eigenvalue weighted by molar-refractivity contribution is -0.141. The fourth-order valence-corrected chi connectivity index (χ4v) is 2.37. The first-order valence-electron chi connectivity index (χ1n) is 6.57. The molecule has 1 amide bonds. The van der Waals surface area contributed by atoms with E-state index in [2.05, 4.69) is 5.10 Å². The van der Waals surface area contributed by atoms with Gasteiger partial charge in [-0.05, 0) is 31.9 Å². The predicted molar refractivity (Wildman–Crippen MR) is 71.5 cm³/mol. The molecule has 2 aromatic heterocycles. The molecule has 6 nitrogen and oxygen atoms in total. The smallest absolute Gasteiger partial charge is 0.326 e. The average molecular weight is 273 g/mol. The van der Waals surface area contributed by atoms with Crippen LogP contribution in [0.4, 0.5) is 0 Å². The standard InChI is InChI=1S/C14H15N3O3/c1-9(14(19)20)17(10-5-6-10)13(18)11-8-15-16-7-3-2-4-12(11)16/h2-4,7-10H,5-6H2,1H3,(H,19,20). The number of aromatic nitrogens is 2. The number of rotatable bonds is 4. The van der Waals surface area contributed by atoms with Crippen LogP contribution in [0.15, 0.2) is 30.6 Å². The molecule has 1 aliphatic rings. The SMILES string of the molecule is CC(C(=O)O)N(C(=O)c1cnn2ccccc12)C1CC1. The first-order chi connectivity index (χ1) is 9.59. The van der Waals surface area contributed by atoms with Crippen LogP contribution in [0.25, 0.3) is 5.52 Å². The molecule has 6 heteroatoms. The molecule has 0 bridgehead atoms. The molecule has 2 aromatic rings. The minimum atomic E-state index is -0.985. The van der Waals surface area contributed by atoms with Gasteiger partial charge in [0.1, 0.15) is 6.04 Å². The lowest BCUT2D eigenvalue weighted by Crippen LogP contribution is -2.44. The summed E-state index contributed by atoms with van der Waals surface area (Å²) >= 11 is 0. The van der Waals surface area contributed by atoms with Crippen LogP contribution < -0.4 is 0 Å². The van der Waals surface area contributed by atoms with Gasteiger partial charge in [-0.3, -0.25) is 4.79 Å². The fourth-order valence-electron chi connectivity index (χ4n) is 2.37. The molecule has 0 aliphatic heterocycles. The second-order valence-electron chi connectivity index (χ2n) is 5.05. The zero-order valence-electron chi connectivity index (χ0n) is 11.1. The summed E-state index contributed by atoms with van der Waals surface area (Å²) in [7, 11) is 0. The number of amides is 1. The van der Waals surface area contributed by atoms with Crippen molar-refractivity contribution in [1.29, 1.82) is 0 Å². The summed E-state index contributed by atoms with van der Waals surface area (Å²) in [6.07, 6.45) is 4.99. The summed E-state index contributed by atoms with van der Waals surface area (Å²) < 4.78 is 1.61. The number of aliphatic carboxylic acids is 1. The highest BCUT2D eigenvalue weighted by atomic mass is 16.4. The highest BCUT2D eigenvalue weighted by Gasteiger charge is 2.39. The maximum atomic E-state index is 12.7. The summed E-state index contributed by atoms with van der Waals surface area (Å²) in [5.41, 5.74) is 1.14. The monoisotopic (exact) mass is 273 g/mol. The zero-order chi connectivity index (χ0) is 14.3. The maximum absolute atomic E-state index is 12.7. The maximum Gasteiger partial charge on any atom is 0.326 e. The van der Waals surface area contributed by atoms with Gasteiger partial charge in [-0.25, -0.2) is 9.31 Å². The Hall–Kier alpha value is -2.37. The largest absolute Gasteiger partial charge is 0.480 e. The third-order valence-corrected chi connectivity index (χ3v) is 3.61. The number of hydrogen-bond acceptors (Lipinski definition) is 3. The van der Waals surface area contributed by atoms with E-state index in [4.69, 9.17) is 0 Å². The first kappa shape index (κ1) is 12.7. The molecule has 2 heterocycles. The number of carboxylic acids is 1. The third-order valence-electron chi connectivity index (χ3n) is 3.61. The van der Waals surface area contributed by atoms with Gasteiger partial charge in [-0.2, -0.15) is 5.10 Å². The van der Waals surface area contributed by atoms with Crippen molar-refractivity contribution in [1.82, 2.24) is 14.5 Å². The lowest BCUT2D eigenvalue weighted by atomic mass is 10.2. The number of carboxylic acid groups (broad SMARTS) is 1. The van der Waals surface area contributed by atoms with E-state index in [0.29, 0.717) is 11.1 Å². The van der Waals surface area contributed by atoms with Crippen molar-refractivity contribution >= 4 is 17.4 Å². The molecule has 3 rings (SSSR count). The van der Waals surface area contributed by atoms with E-state index < -0.39 is 12.0 Å². The Morgan fingerprint density at radius 3 is 2.85 bits per heavy atom. The average Bonchev–Trinajstić information content (AvgIpc) is 3.17. The van der Waals surface area contributed by atoms with Crippen molar-refractivity contribution in [2.24, 2.45) is 0 Å². The number of carbonyl (C=O) groups is 2. The van der Waals surface area contributed by atoms with Crippen LogP contribution in [-0.4, -0.2) is 43.6 Å². The second-order valence-corrected chi connectivity index (χ2v) is 5.05. The van der Waals surface area contributed by atoms with Crippen molar-refractivity contribution in [3.8, 4) is 0 Å². The van der Waals surface area contributed by atoms with Gasteiger partial charge in [-0.1, -0.05) is 6.07 Å². The molecule has 1 atom stereocenters. The van der Waals surface area contributed by atoms with Crippen molar-refractivity contribution in [2.75, 3.05) is 0 Å².